The predicted octanol–water partition coefficient (Wildman–Crippen LogP) is 7.42. The molecule has 2 aromatic carbocycles. The maximum Gasteiger partial charge on any atom is 0.416 e. The van der Waals surface area contributed by atoms with E-state index in [2.05, 4.69) is 28.6 Å². The number of carbonyl (C=O) groups excluding carboxylic acids is 2. The monoisotopic (exact) mass is 576 g/mol. The molecular formula is C28H34F6N2O4. The van der Waals surface area contributed by atoms with Gasteiger partial charge in [0.15, 0.2) is 0 Å². The largest absolute Gasteiger partial charge is 0.465 e. The molecule has 12 heteroatoms. The Morgan fingerprint density at radius 2 is 1.20 bits per heavy atom. The van der Waals surface area contributed by atoms with Crippen molar-refractivity contribution < 1.29 is 45.4 Å². The maximum absolute atomic E-state index is 13.2. The van der Waals surface area contributed by atoms with Gasteiger partial charge in [-0.3, -0.25) is 0 Å². The first-order valence-corrected chi connectivity index (χ1v) is 12.5. The van der Waals surface area contributed by atoms with Gasteiger partial charge >= 0.3 is 24.3 Å². The molecule has 0 aromatic heterocycles. The van der Waals surface area contributed by atoms with E-state index in [1.165, 1.54) is 14.0 Å². The van der Waals surface area contributed by atoms with Crippen LogP contribution in [0.2, 0.25) is 0 Å². The second-order valence-electron chi connectivity index (χ2n) is 10.2. The van der Waals surface area contributed by atoms with Crippen molar-refractivity contribution in [3.05, 3.63) is 57.6 Å². The molecule has 0 aliphatic heterocycles. The summed E-state index contributed by atoms with van der Waals surface area (Å²) in [7, 11) is 2.26. The molecule has 1 fully saturated rings. The minimum absolute atomic E-state index is 0.0493. The molecular weight excluding hydrogens is 542 g/mol. The molecule has 0 saturated heterocycles. The fourth-order valence-corrected chi connectivity index (χ4v) is 4.86. The highest BCUT2D eigenvalue weighted by Gasteiger charge is 2.34. The van der Waals surface area contributed by atoms with Gasteiger partial charge in [0.1, 0.15) is 0 Å². The second kappa shape index (κ2) is 12.8. The third-order valence-corrected chi connectivity index (χ3v) is 6.86. The summed E-state index contributed by atoms with van der Waals surface area (Å²) in [5.41, 5.74) is 4.41. The maximum atomic E-state index is 13.2. The summed E-state index contributed by atoms with van der Waals surface area (Å²) >= 11 is 0. The van der Waals surface area contributed by atoms with Gasteiger partial charge in [-0.2, -0.15) is 26.3 Å². The first kappa shape index (κ1) is 32.8. The Morgan fingerprint density at radius 3 is 1.62 bits per heavy atom. The Kier molecular flexibility index (Phi) is 10.5. The van der Waals surface area contributed by atoms with Crippen molar-refractivity contribution in [3.63, 3.8) is 0 Å². The van der Waals surface area contributed by atoms with Crippen molar-refractivity contribution in [1.82, 2.24) is 0 Å². The average Bonchev–Trinajstić information content (AvgIpc) is 2.84. The number of nitrogen functional groups attached to an aromatic ring is 1. The Hall–Kier alpha value is -3.44. The highest BCUT2D eigenvalue weighted by Crippen LogP contribution is 2.37. The highest BCUT2D eigenvalue weighted by molar-refractivity contribution is 5.93. The van der Waals surface area contributed by atoms with E-state index >= 15 is 0 Å². The molecule has 3 rings (SSSR count). The van der Waals surface area contributed by atoms with E-state index < -0.39 is 35.4 Å². The van der Waals surface area contributed by atoms with Gasteiger partial charge in [-0.1, -0.05) is 13.8 Å². The number of alkyl halides is 6. The molecule has 0 unspecified atom stereocenters. The number of carbonyl (C=O) groups is 2. The summed E-state index contributed by atoms with van der Waals surface area (Å²) in [4.78, 5) is 23.1. The number of ether oxygens (including phenoxy) is 2. The number of esters is 2. The van der Waals surface area contributed by atoms with Crippen LogP contribution in [0.25, 0.3) is 0 Å². The van der Waals surface area contributed by atoms with E-state index in [0.717, 1.165) is 50.6 Å². The molecule has 1 saturated carbocycles. The molecule has 0 heterocycles. The lowest BCUT2D eigenvalue weighted by Crippen LogP contribution is -2.30. The third kappa shape index (κ3) is 8.28. The van der Waals surface area contributed by atoms with Crippen LogP contribution in [0.1, 0.15) is 76.1 Å². The van der Waals surface area contributed by atoms with E-state index in [0.29, 0.717) is 23.1 Å². The van der Waals surface area contributed by atoms with E-state index in [1.807, 2.05) is 0 Å². The molecule has 0 bridgehead atoms. The number of hydrogen-bond acceptors (Lipinski definition) is 6. The van der Waals surface area contributed by atoms with Crippen LogP contribution in [0.4, 0.5) is 37.7 Å². The average molecular weight is 577 g/mol. The van der Waals surface area contributed by atoms with Crippen molar-refractivity contribution in [3.8, 4) is 0 Å². The summed E-state index contributed by atoms with van der Waals surface area (Å²) in [6, 6.07) is 3.58. The summed E-state index contributed by atoms with van der Waals surface area (Å²) in [6.07, 6.45) is -6.10. The predicted molar refractivity (Wildman–Crippen MR) is 139 cm³/mol. The summed E-state index contributed by atoms with van der Waals surface area (Å²) in [6.45, 7) is 7.42. The van der Waals surface area contributed by atoms with Gasteiger partial charge in [-0.05, 0) is 80.3 Å². The minimum Gasteiger partial charge on any atom is -0.465 e. The Morgan fingerprint density at radius 1 is 0.775 bits per heavy atom. The van der Waals surface area contributed by atoms with Crippen LogP contribution in [0.15, 0.2) is 24.3 Å². The number of nitrogens with two attached hydrogens (primary N) is 1. The lowest BCUT2D eigenvalue weighted by Gasteiger charge is -2.33. The molecule has 222 valence electrons. The number of methoxy groups -OCH3 is 2. The Labute approximate surface area is 229 Å². The van der Waals surface area contributed by atoms with Gasteiger partial charge in [-0.15, -0.1) is 0 Å². The molecule has 1 aliphatic rings. The van der Waals surface area contributed by atoms with Crippen LogP contribution < -0.4 is 11.1 Å². The van der Waals surface area contributed by atoms with E-state index in [-0.39, 0.29) is 28.4 Å². The Bertz CT molecular complexity index is 1220. The molecule has 3 N–H and O–H groups in total. The zero-order valence-corrected chi connectivity index (χ0v) is 23.1. The lowest BCUT2D eigenvalue weighted by molar-refractivity contribution is -0.138. The van der Waals surface area contributed by atoms with Gasteiger partial charge in [-0.25, -0.2) is 9.59 Å². The lowest BCUT2D eigenvalue weighted by atomic mass is 9.80. The molecule has 0 spiro atoms. The van der Waals surface area contributed by atoms with Gasteiger partial charge in [0, 0.05) is 17.4 Å². The SMILES string of the molecule is COC(=O)c1cc(C(F)(F)F)cc(N)c1C.COC(=O)c1cc(C(F)(F)F)cc(NC2C[C@@H](C)C[C@H](C)C2)c1C. The van der Waals surface area contributed by atoms with E-state index in [4.69, 9.17) is 5.73 Å². The fourth-order valence-electron chi connectivity index (χ4n) is 4.86. The second-order valence-corrected chi connectivity index (χ2v) is 10.2. The first-order chi connectivity index (χ1) is 18.4. The number of anilines is 2. The van der Waals surface area contributed by atoms with Crippen LogP contribution in [0, 0.1) is 25.7 Å². The van der Waals surface area contributed by atoms with E-state index in [9.17, 15) is 35.9 Å². The molecule has 2 atom stereocenters. The van der Waals surface area contributed by atoms with Crippen LogP contribution in [0.3, 0.4) is 0 Å². The van der Waals surface area contributed by atoms with Crippen molar-refractivity contribution in [2.75, 3.05) is 25.3 Å². The van der Waals surface area contributed by atoms with E-state index in [1.54, 1.807) is 6.92 Å². The number of benzene rings is 2. The molecule has 6 nitrogen and oxygen atoms in total. The highest BCUT2D eigenvalue weighted by atomic mass is 19.4. The van der Waals surface area contributed by atoms with Crippen molar-refractivity contribution in [2.45, 2.75) is 65.4 Å². The molecule has 0 radical (unpaired) electrons. The van der Waals surface area contributed by atoms with Gasteiger partial charge < -0.3 is 20.5 Å². The third-order valence-electron chi connectivity index (χ3n) is 6.86. The van der Waals surface area contributed by atoms with Gasteiger partial charge in [0.2, 0.25) is 0 Å². The zero-order valence-electron chi connectivity index (χ0n) is 23.1. The number of rotatable bonds is 4. The number of halogens is 6. The molecule has 2 aromatic rings. The number of nitrogens with one attached hydrogen (secondary N) is 1. The summed E-state index contributed by atoms with van der Waals surface area (Å²) < 4.78 is 85.8. The Balaban J connectivity index is 0.000000305. The minimum atomic E-state index is -4.54. The quantitative estimate of drug-likeness (QED) is 0.224. The topological polar surface area (TPSA) is 90.7 Å². The number of hydrogen-bond donors (Lipinski definition) is 2. The summed E-state index contributed by atoms with van der Waals surface area (Å²) in [5.74, 6) is -0.544. The van der Waals surface area contributed by atoms with Crippen LogP contribution in [0.5, 0.6) is 0 Å². The first-order valence-electron chi connectivity index (χ1n) is 12.5. The van der Waals surface area contributed by atoms with Crippen molar-refractivity contribution in [1.29, 1.82) is 0 Å². The normalized spacial score (nSPS) is 19.2. The fraction of sp³-hybridized carbons (Fsp3) is 0.500. The summed E-state index contributed by atoms with van der Waals surface area (Å²) in [5, 5.41) is 3.23. The van der Waals surface area contributed by atoms with Gasteiger partial charge in [0.05, 0.1) is 36.5 Å². The van der Waals surface area contributed by atoms with Crippen LogP contribution in [-0.2, 0) is 21.8 Å². The smallest absolute Gasteiger partial charge is 0.416 e. The van der Waals surface area contributed by atoms with Crippen molar-refractivity contribution >= 4 is 23.3 Å². The van der Waals surface area contributed by atoms with Crippen LogP contribution in [-0.4, -0.2) is 32.2 Å². The zero-order chi connectivity index (χ0) is 30.6. The van der Waals surface area contributed by atoms with Gasteiger partial charge in [0.25, 0.3) is 0 Å². The standard InChI is InChI=1S/C18H24F3NO2.C10H10F3NO2/c1-10-5-11(2)7-14(6-10)22-16-9-13(18(19,20)21)8-15(12(16)3)17(23)24-4;1-5-7(9(15)16-2)3-6(4-8(5)14)10(11,12)13/h8-11,14,22H,5-7H2,1-4H3;3-4H,14H2,1-2H3/t10-,11-;/m0./s1. The molecule has 40 heavy (non-hydrogen) atoms. The van der Waals surface area contributed by atoms with Crippen molar-refractivity contribution in [2.24, 2.45) is 11.8 Å². The van der Waals surface area contributed by atoms with Crippen LogP contribution >= 0.6 is 0 Å². The molecule has 0 amide bonds. The molecule has 1 aliphatic carbocycles.